The van der Waals surface area contributed by atoms with E-state index < -0.39 is 5.41 Å². The molecule has 1 saturated heterocycles. The summed E-state index contributed by atoms with van der Waals surface area (Å²) in [5.74, 6) is 0.795. The van der Waals surface area contributed by atoms with Crippen LogP contribution in [0.4, 0.5) is 5.69 Å². The van der Waals surface area contributed by atoms with E-state index in [1.165, 1.54) is 0 Å². The van der Waals surface area contributed by atoms with Crippen molar-refractivity contribution in [3.8, 4) is 0 Å². The predicted octanol–water partition coefficient (Wildman–Crippen LogP) is 2.34. The van der Waals surface area contributed by atoms with E-state index in [0.717, 1.165) is 24.4 Å². The summed E-state index contributed by atoms with van der Waals surface area (Å²) in [6.07, 6.45) is 1.44. The molecule has 1 fully saturated rings. The van der Waals surface area contributed by atoms with Gasteiger partial charge in [0.1, 0.15) is 24.6 Å². The molecule has 1 aromatic rings. The SMILES string of the molecule is CCC1(CC)C(=O)NC(=S)N2CN(c3ccccc3)CN=C21. The Bertz CT molecular complexity index is 624. The van der Waals surface area contributed by atoms with E-state index >= 15 is 0 Å². The second-order valence-electron chi connectivity index (χ2n) is 5.62. The number of fused-ring (bicyclic) bond motifs is 1. The smallest absolute Gasteiger partial charge is 0.239 e. The van der Waals surface area contributed by atoms with Crippen LogP contribution in [0, 0.1) is 5.41 Å². The maximum absolute atomic E-state index is 12.5. The number of amidine groups is 1. The molecule has 0 spiro atoms. The topological polar surface area (TPSA) is 47.9 Å². The zero-order valence-corrected chi connectivity index (χ0v) is 13.7. The number of nitrogens with one attached hydrogen (secondary N) is 1. The lowest BCUT2D eigenvalue weighted by Crippen LogP contribution is -2.66. The minimum Gasteiger partial charge on any atom is -0.334 e. The molecule has 0 aliphatic carbocycles. The number of amides is 1. The highest BCUT2D eigenvalue weighted by atomic mass is 32.1. The van der Waals surface area contributed by atoms with Crippen molar-refractivity contribution < 1.29 is 4.79 Å². The molecule has 2 aliphatic rings. The van der Waals surface area contributed by atoms with Gasteiger partial charge in [0.2, 0.25) is 5.91 Å². The van der Waals surface area contributed by atoms with E-state index in [0.29, 0.717) is 18.4 Å². The number of hydrogen-bond acceptors (Lipinski definition) is 4. The van der Waals surface area contributed by atoms with Gasteiger partial charge in [-0.15, -0.1) is 0 Å². The summed E-state index contributed by atoms with van der Waals surface area (Å²) in [6.45, 7) is 5.22. The quantitative estimate of drug-likeness (QED) is 0.870. The number of carbonyl (C=O) groups excluding carboxylic acids is 1. The molecular formula is C16H20N4OS. The zero-order valence-electron chi connectivity index (χ0n) is 12.9. The van der Waals surface area contributed by atoms with Crippen LogP contribution < -0.4 is 10.2 Å². The van der Waals surface area contributed by atoms with Gasteiger partial charge < -0.3 is 10.2 Å². The lowest BCUT2D eigenvalue weighted by atomic mass is 9.78. The molecule has 2 aliphatic heterocycles. The summed E-state index contributed by atoms with van der Waals surface area (Å²) < 4.78 is 0. The van der Waals surface area contributed by atoms with Gasteiger partial charge >= 0.3 is 0 Å². The molecule has 5 nitrogen and oxygen atoms in total. The average Bonchev–Trinajstić information content (AvgIpc) is 2.56. The van der Waals surface area contributed by atoms with Gasteiger partial charge in [0.05, 0.1) is 0 Å². The highest BCUT2D eigenvalue weighted by molar-refractivity contribution is 7.80. The molecule has 0 atom stereocenters. The Morgan fingerprint density at radius 1 is 1.27 bits per heavy atom. The Labute approximate surface area is 136 Å². The number of aliphatic imine (C=N–C) groups is 1. The third-order valence-corrected chi connectivity index (χ3v) is 4.94. The van der Waals surface area contributed by atoms with E-state index in [-0.39, 0.29) is 5.91 Å². The number of carbonyl (C=O) groups is 1. The first-order chi connectivity index (χ1) is 10.6. The number of benzene rings is 1. The highest BCUT2D eigenvalue weighted by Crippen LogP contribution is 2.35. The molecule has 1 aromatic carbocycles. The molecule has 0 radical (unpaired) electrons. The van der Waals surface area contributed by atoms with Crippen molar-refractivity contribution >= 4 is 34.8 Å². The highest BCUT2D eigenvalue weighted by Gasteiger charge is 2.49. The van der Waals surface area contributed by atoms with Crippen LogP contribution in [0.15, 0.2) is 35.3 Å². The Balaban J connectivity index is 1.97. The molecule has 1 amide bonds. The van der Waals surface area contributed by atoms with Gasteiger partial charge in [0.15, 0.2) is 5.11 Å². The molecule has 0 saturated carbocycles. The first-order valence-corrected chi connectivity index (χ1v) is 8.01. The third kappa shape index (κ3) is 2.18. The van der Waals surface area contributed by atoms with E-state index in [4.69, 9.17) is 17.2 Å². The van der Waals surface area contributed by atoms with Gasteiger partial charge in [0.25, 0.3) is 0 Å². The van der Waals surface area contributed by atoms with Gasteiger partial charge in [-0.3, -0.25) is 9.69 Å². The van der Waals surface area contributed by atoms with E-state index in [1.807, 2.05) is 36.9 Å². The molecule has 0 bridgehead atoms. The van der Waals surface area contributed by atoms with Crippen molar-refractivity contribution in [3.05, 3.63) is 30.3 Å². The van der Waals surface area contributed by atoms with Crippen molar-refractivity contribution in [3.63, 3.8) is 0 Å². The van der Waals surface area contributed by atoms with Crippen molar-refractivity contribution in [2.24, 2.45) is 10.4 Å². The second-order valence-corrected chi connectivity index (χ2v) is 6.00. The zero-order chi connectivity index (χ0) is 15.7. The Hall–Kier alpha value is -1.95. The van der Waals surface area contributed by atoms with Crippen molar-refractivity contribution in [2.45, 2.75) is 26.7 Å². The van der Waals surface area contributed by atoms with Gasteiger partial charge in [-0.25, -0.2) is 4.99 Å². The normalized spacial score (nSPS) is 20.4. The molecule has 3 rings (SSSR count). The molecule has 116 valence electrons. The standard InChI is InChI=1S/C16H20N4OS/c1-3-16(4-2)13-17-10-19(12-8-6-5-7-9-12)11-20(13)15(22)18-14(16)21/h5-9H,3-4,10-11H2,1-2H3,(H,18,21,22). The largest absolute Gasteiger partial charge is 0.334 e. The van der Waals surface area contributed by atoms with Gasteiger partial charge in [-0.05, 0) is 37.2 Å². The fourth-order valence-corrected chi connectivity index (χ4v) is 3.40. The van der Waals surface area contributed by atoms with Crippen LogP contribution >= 0.6 is 12.2 Å². The van der Waals surface area contributed by atoms with Crippen LogP contribution in [0.5, 0.6) is 0 Å². The molecule has 0 unspecified atom stereocenters. The maximum atomic E-state index is 12.5. The van der Waals surface area contributed by atoms with E-state index in [2.05, 4.69) is 22.3 Å². The molecule has 0 aromatic heterocycles. The van der Waals surface area contributed by atoms with Crippen molar-refractivity contribution in [1.82, 2.24) is 10.2 Å². The average molecular weight is 316 g/mol. The maximum Gasteiger partial charge on any atom is 0.239 e. The third-order valence-electron chi connectivity index (χ3n) is 4.62. The van der Waals surface area contributed by atoms with Crippen LogP contribution in [0.2, 0.25) is 0 Å². The molecule has 22 heavy (non-hydrogen) atoms. The van der Waals surface area contributed by atoms with Crippen LogP contribution in [-0.4, -0.2) is 35.1 Å². The fourth-order valence-electron chi connectivity index (χ4n) is 3.17. The number of thiocarbonyl (C=S) groups is 1. The summed E-state index contributed by atoms with van der Waals surface area (Å²) in [5.41, 5.74) is 0.536. The number of hydrogen-bond donors (Lipinski definition) is 1. The first-order valence-electron chi connectivity index (χ1n) is 7.60. The number of para-hydroxylation sites is 1. The summed E-state index contributed by atoms with van der Waals surface area (Å²) >= 11 is 5.37. The minimum atomic E-state index is -0.564. The lowest BCUT2D eigenvalue weighted by Gasteiger charge is -2.47. The Morgan fingerprint density at radius 3 is 2.59 bits per heavy atom. The van der Waals surface area contributed by atoms with Gasteiger partial charge in [0, 0.05) is 5.69 Å². The minimum absolute atomic E-state index is 0.0225. The molecular weight excluding hydrogens is 296 g/mol. The summed E-state index contributed by atoms with van der Waals surface area (Å²) in [4.78, 5) is 21.3. The lowest BCUT2D eigenvalue weighted by molar-refractivity contribution is -0.127. The fraction of sp³-hybridized carbons (Fsp3) is 0.438. The first kappa shape index (κ1) is 15.0. The number of nitrogens with zero attached hydrogens (tertiary/aromatic N) is 3. The molecule has 1 N–H and O–H groups in total. The summed E-state index contributed by atoms with van der Waals surface area (Å²) in [7, 11) is 0. The van der Waals surface area contributed by atoms with Crippen LogP contribution in [-0.2, 0) is 4.79 Å². The summed E-state index contributed by atoms with van der Waals surface area (Å²) in [5, 5.41) is 3.30. The van der Waals surface area contributed by atoms with E-state index in [9.17, 15) is 4.79 Å². The van der Waals surface area contributed by atoms with Gasteiger partial charge in [-0.1, -0.05) is 32.0 Å². The Morgan fingerprint density at radius 2 is 1.95 bits per heavy atom. The second kappa shape index (κ2) is 5.68. The van der Waals surface area contributed by atoms with Gasteiger partial charge in [-0.2, -0.15) is 0 Å². The monoisotopic (exact) mass is 316 g/mol. The van der Waals surface area contributed by atoms with E-state index in [1.54, 1.807) is 0 Å². The summed E-state index contributed by atoms with van der Waals surface area (Å²) in [6, 6.07) is 10.1. The molecule has 6 heteroatoms. The van der Waals surface area contributed by atoms with Crippen LogP contribution in [0.1, 0.15) is 26.7 Å². The number of anilines is 1. The molecule has 2 heterocycles. The Kier molecular flexibility index (Phi) is 3.87. The van der Waals surface area contributed by atoms with Crippen molar-refractivity contribution in [2.75, 3.05) is 18.2 Å². The van der Waals surface area contributed by atoms with Crippen LogP contribution in [0.3, 0.4) is 0 Å². The van der Waals surface area contributed by atoms with Crippen molar-refractivity contribution in [1.29, 1.82) is 0 Å². The van der Waals surface area contributed by atoms with Crippen LogP contribution in [0.25, 0.3) is 0 Å². The number of rotatable bonds is 3. The predicted molar refractivity (Wildman–Crippen MR) is 91.7 cm³/mol.